The zero-order valence-electron chi connectivity index (χ0n) is 7.90. The minimum absolute atomic E-state index is 0.00444. The number of hydrogen-bond acceptors (Lipinski definition) is 4. The van der Waals surface area contributed by atoms with Gasteiger partial charge in [-0.05, 0) is 6.42 Å². The Balaban J connectivity index is 3.80. The number of amides is 1. The van der Waals surface area contributed by atoms with E-state index in [0.29, 0.717) is 6.54 Å². The summed E-state index contributed by atoms with van der Waals surface area (Å²) in [5.74, 6) is 0. The van der Waals surface area contributed by atoms with Gasteiger partial charge in [0.1, 0.15) is 6.61 Å². The number of aliphatic hydroxyl groups excluding tert-OH is 2. The number of carbonyl (C=O) groups is 1. The van der Waals surface area contributed by atoms with Crippen LogP contribution in [0.3, 0.4) is 0 Å². The molecule has 0 saturated heterocycles. The molecule has 0 atom stereocenters. The van der Waals surface area contributed by atoms with E-state index in [2.05, 4.69) is 4.74 Å². The predicted molar refractivity (Wildman–Crippen MR) is 47.4 cm³/mol. The molecule has 0 aromatic heterocycles. The Morgan fingerprint density at radius 1 is 1.31 bits per heavy atom. The highest BCUT2D eigenvalue weighted by Crippen LogP contribution is 1.95. The fourth-order valence-corrected chi connectivity index (χ4v) is 0.909. The van der Waals surface area contributed by atoms with Crippen molar-refractivity contribution < 1.29 is 19.7 Å². The van der Waals surface area contributed by atoms with Crippen LogP contribution >= 0.6 is 0 Å². The summed E-state index contributed by atoms with van der Waals surface area (Å²) < 4.78 is 4.68. The average Bonchev–Trinajstić information content (AvgIpc) is 2.14. The van der Waals surface area contributed by atoms with Crippen LogP contribution in [0.25, 0.3) is 0 Å². The topological polar surface area (TPSA) is 70.0 Å². The highest BCUT2D eigenvalue weighted by atomic mass is 16.6. The van der Waals surface area contributed by atoms with Gasteiger partial charge in [-0.3, -0.25) is 0 Å². The number of rotatable bonds is 6. The summed E-state index contributed by atoms with van der Waals surface area (Å²) >= 11 is 0. The molecular formula is C8H17NO4. The molecule has 0 fully saturated rings. The molecule has 0 rings (SSSR count). The number of nitrogens with zero attached hydrogens (tertiary/aromatic N) is 1. The molecule has 1 amide bonds. The molecule has 0 unspecified atom stereocenters. The molecule has 0 saturated carbocycles. The van der Waals surface area contributed by atoms with Crippen molar-refractivity contribution in [2.24, 2.45) is 0 Å². The molecule has 2 N–H and O–H groups in total. The van der Waals surface area contributed by atoms with Gasteiger partial charge in [-0.1, -0.05) is 6.92 Å². The fraction of sp³-hybridized carbons (Fsp3) is 0.875. The van der Waals surface area contributed by atoms with Crippen molar-refractivity contribution in [3.63, 3.8) is 0 Å². The van der Waals surface area contributed by atoms with Crippen LogP contribution in [0.5, 0.6) is 0 Å². The average molecular weight is 191 g/mol. The molecular weight excluding hydrogens is 174 g/mol. The molecule has 0 aliphatic carbocycles. The van der Waals surface area contributed by atoms with Crippen molar-refractivity contribution in [3.05, 3.63) is 0 Å². The maximum Gasteiger partial charge on any atom is 0.409 e. The number of ether oxygens (including phenoxy) is 1. The molecule has 0 aliphatic heterocycles. The van der Waals surface area contributed by atoms with Crippen molar-refractivity contribution in [2.75, 3.05) is 32.9 Å². The summed E-state index contributed by atoms with van der Waals surface area (Å²) in [6.45, 7) is 2.52. The summed E-state index contributed by atoms with van der Waals surface area (Å²) in [5.41, 5.74) is 0. The predicted octanol–water partition coefficient (Wildman–Crippen LogP) is -0.180. The normalized spacial score (nSPS) is 9.77. The van der Waals surface area contributed by atoms with E-state index >= 15 is 0 Å². The van der Waals surface area contributed by atoms with Crippen LogP contribution in [0, 0.1) is 0 Å². The van der Waals surface area contributed by atoms with Crippen LogP contribution in [0.1, 0.15) is 13.3 Å². The summed E-state index contributed by atoms with van der Waals surface area (Å²) in [7, 11) is 0. The summed E-state index contributed by atoms with van der Waals surface area (Å²) in [6.07, 6.45) is 0.332. The second-order valence-electron chi connectivity index (χ2n) is 2.55. The van der Waals surface area contributed by atoms with Gasteiger partial charge in [-0.15, -0.1) is 0 Å². The third kappa shape index (κ3) is 5.43. The molecule has 0 aromatic carbocycles. The van der Waals surface area contributed by atoms with E-state index in [1.807, 2.05) is 6.92 Å². The molecule has 0 bridgehead atoms. The van der Waals surface area contributed by atoms with Crippen molar-refractivity contribution in [2.45, 2.75) is 13.3 Å². The van der Waals surface area contributed by atoms with Crippen LogP contribution in [0.15, 0.2) is 0 Å². The van der Waals surface area contributed by atoms with E-state index in [9.17, 15) is 4.79 Å². The zero-order chi connectivity index (χ0) is 10.1. The molecule has 0 aromatic rings. The first-order chi connectivity index (χ1) is 6.26. The SMILES string of the molecule is CCCN(CCO)C(=O)OCCO. The van der Waals surface area contributed by atoms with E-state index in [-0.39, 0.29) is 26.4 Å². The largest absolute Gasteiger partial charge is 0.447 e. The zero-order valence-corrected chi connectivity index (χ0v) is 7.90. The minimum Gasteiger partial charge on any atom is -0.447 e. The summed E-state index contributed by atoms with van der Waals surface area (Å²) in [4.78, 5) is 12.6. The molecule has 0 spiro atoms. The van der Waals surface area contributed by atoms with Gasteiger partial charge in [0.2, 0.25) is 0 Å². The number of aliphatic hydroxyl groups is 2. The van der Waals surface area contributed by atoms with Gasteiger partial charge in [0, 0.05) is 13.1 Å². The second kappa shape index (κ2) is 7.82. The lowest BCUT2D eigenvalue weighted by molar-refractivity contribution is 0.0783. The van der Waals surface area contributed by atoms with Crippen molar-refractivity contribution >= 4 is 6.09 Å². The lowest BCUT2D eigenvalue weighted by Gasteiger charge is -2.19. The Bertz CT molecular complexity index is 134. The number of carbonyl (C=O) groups excluding carboxylic acids is 1. The first-order valence-electron chi connectivity index (χ1n) is 4.39. The highest BCUT2D eigenvalue weighted by molar-refractivity contribution is 5.67. The number of hydrogen-bond donors (Lipinski definition) is 2. The summed E-state index contributed by atoms with van der Waals surface area (Å²) in [6, 6.07) is 0. The molecule has 5 nitrogen and oxygen atoms in total. The Morgan fingerprint density at radius 3 is 2.46 bits per heavy atom. The first kappa shape index (κ1) is 12.2. The first-order valence-corrected chi connectivity index (χ1v) is 4.39. The minimum atomic E-state index is -0.482. The van der Waals surface area contributed by atoms with Gasteiger partial charge in [0.25, 0.3) is 0 Å². The molecule has 0 radical (unpaired) electrons. The van der Waals surface area contributed by atoms with E-state index < -0.39 is 6.09 Å². The quantitative estimate of drug-likeness (QED) is 0.611. The van der Waals surface area contributed by atoms with Gasteiger partial charge >= 0.3 is 6.09 Å². The third-order valence-electron chi connectivity index (χ3n) is 1.44. The lowest BCUT2D eigenvalue weighted by Crippen LogP contribution is -2.35. The fourth-order valence-electron chi connectivity index (χ4n) is 0.909. The van der Waals surface area contributed by atoms with Gasteiger partial charge < -0.3 is 19.8 Å². The Kier molecular flexibility index (Phi) is 7.33. The van der Waals surface area contributed by atoms with Crippen LogP contribution in [0.4, 0.5) is 4.79 Å². The third-order valence-corrected chi connectivity index (χ3v) is 1.44. The van der Waals surface area contributed by atoms with E-state index in [1.54, 1.807) is 0 Å². The van der Waals surface area contributed by atoms with Crippen LogP contribution in [-0.4, -0.2) is 54.1 Å². The van der Waals surface area contributed by atoms with E-state index in [0.717, 1.165) is 6.42 Å². The standard InChI is InChI=1S/C8H17NO4/c1-2-3-9(4-5-10)8(12)13-7-6-11/h10-11H,2-7H2,1H3. The maximum absolute atomic E-state index is 11.2. The lowest BCUT2D eigenvalue weighted by atomic mass is 10.4. The molecule has 0 aliphatic rings. The van der Waals surface area contributed by atoms with Crippen LogP contribution in [0.2, 0.25) is 0 Å². The van der Waals surface area contributed by atoms with Crippen LogP contribution < -0.4 is 0 Å². The van der Waals surface area contributed by atoms with Crippen LogP contribution in [-0.2, 0) is 4.74 Å². The molecule has 0 heterocycles. The van der Waals surface area contributed by atoms with Gasteiger partial charge in [-0.25, -0.2) is 4.79 Å². The second-order valence-corrected chi connectivity index (χ2v) is 2.55. The van der Waals surface area contributed by atoms with E-state index in [4.69, 9.17) is 10.2 Å². The maximum atomic E-state index is 11.2. The van der Waals surface area contributed by atoms with Gasteiger partial charge in [-0.2, -0.15) is 0 Å². The molecule has 13 heavy (non-hydrogen) atoms. The van der Waals surface area contributed by atoms with Gasteiger partial charge in [0.15, 0.2) is 0 Å². The summed E-state index contributed by atoms with van der Waals surface area (Å²) in [5, 5.41) is 17.1. The van der Waals surface area contributed by atoms with E-state index in [1.165, 1.54) is 4.90 Å². The smallest absolute Gasteiger partial charge is 0.409 e. The van der Waals surface area contributed by atoms with Gasteiger partial charge in [0.05, 0.1) is 13.2 Å². The Labute approximate surface area is 77.9 Å². The monoisotopic (exact) mass is 191 g/mol. The molecule has 5 heteroatoms. The molecule has 78 valence electrons. The Hall–Kier alpha value is -0.810. The van der Waals surface area contributed by atoms with Crippen molar-refractivity contribution in [1.82, 2.24) is 4.90 Å². The van der Waals surface area contributed by atoms with Crippen molar-refractivity contribution in [1.29, 1.82) is 0 Å². The van der Waals surface area contributed by atoms with Crippen molar-refractivity contribution in [3.8, 4) is 0 Å². The Morgan fingerprint density at radius 2 is 2.00 bits per heavy atom. The highest BCUT2D eigenvalue weighted by Gasteiger charge is 2.12.